The summed E-state index contributed by atoms with van der Waals surface area (Å²) in [5, 5.41) is 7.14. The first kappa shape index (κ1) is 24.7. The molecule has 0 spiro atoms. The highest BCUT2D eigenvalue weighted by molar-refractivity contribution is 7.99. The first-order chi connectivity index (χ1) is 15.2. The van der Waals surface area contributed by atoms with Crippen LogP contribution in [-0.4, -0.2) is 32.1 Å². The standard InChI is InChI=1S/C26H34ClN3OS/c1-17(2)15-30(16-18(3)4)12-6-11-28-26(31)20-7-9-25-23(13-20)29-19(5)22-14-21(27)8-10-24(22)32-25/h7-10,13-14,17-18,29H,5-6,11-12,15-16H2,1-4H3,(H,28,31)/p+1. The van der Waals surface area contributed by atoms with Crippen molar-refractivity contribution >= 4 is 40.7 Å². The molecule has 4 nitrogen and oxygen atoms in total. The van der Waals surface area contributed by atoms with E-state index in [1.54, 1.807) is 16.7 Å². The summed E-state index contributed by atoms with van der Waals surface area (Å²) in [6, 6.07) is 11.6. The van der Waals surface area contributed by atoms with Gasteiger partial charge in [-0.3, -0.25) is 4.79 Å². The number of benzene rings is 2. The van der Waals surface area contributed by atoms with Gasteiger partial charge in [0.2, 0.25) is 0 Å². The number of carbonyl (C=O) groups is 1. The van der Waals surface area contributed by atoms with Crippen LogP contribution in [0.4, 0.5) is 5.69 Å². The van der Waals surface area contributed by atoms with Gasteiger partial charge in [0.05, 0.1) is 25.3 Å². The van der Waals surface area contributed by atoms with E-state index in [2.05, 4.69) is 44.9 Å². The third kappa shape index (κ3) is 6.77. The molecular weight excluding hydrogens is 438 g/mol. The van der Waals surface area contributed by atoms with Crippen molar-refractivity contribution in [2.45, 2.75) is 43.9 Å². The van der Waals surface area contributed by atoms with Gasteiger partial charge in [0.1, 0.15) is 0 Å². The Bertz CT molecular complexity index is 964. The maximum absolute atomic E-state index is 12.8. The van der Waals surface area contributed by atoms with Crippen LogP contribution in [0.25, 0.3) is 5.70 Å². The summed E-state index contributed by atoms with van der Waals surface area (Å²) in [7, 11) is 0. The molecule has 0 bridgehead atoms. The smallest absolute Gasteiger partial charge is 0.251 e. The van der Waals surface area contributed by atoms with Crippen molar-refractivity contribution in [3.8, 4) is 0 Å². The van der Waals surface area contributed by atoms with Gasteiger partial charge in [-0.2, -0.15) is 0 Å². The minimum Gasteiger partial charge on any atom is -0.355 e. The Labute approximate surface area is 201 Å². The molecule has 3 rings (SSSR count). The Morgan fingerprint density at radius 3 is 2.47 bits per heavy atom. The Kier molecular flexibility index (Phi) is 8.69. The molecule has 1 amide bonds. The number of amides is 1. The summed E-state index contributed by atoms with van der Waals surface area (Å²) in [5.74, 6) is 1.32. The number of hydrogen-bond acceptors (Lipinski definition) is 3. The van der Waals surface area contributed by atoms with E-state index in [4.69, 9.17) is 11.6 Å². The monoisotopic (exact) mass is 472 g/mol. The van der Waals surface area contributed by atoms with E-state index in [0.29, 0.717) is 29.0 Å². The molecule has 2 aromatic carbocycles. The minimum absolute atomic E-state index is 0.0377. The second-order valence-electron chi connectivity index (χ2n) is 9.36. The summed E-state index contributed by atoms with van der Waals surface area (Å²) in [6.45, 7) is 17.4. The predicted octanol–water partition coefficient (Wildman–Crippen LogP) is 5.20. The van der Waals surface area contributed by atoms with Crippen LogP contribution in [0.15, 0.2) is 52.8 Å². The van der Waals surface area contributed by atoms with Gasteiger partial charge in [-0.15, -0.1) is 0 Å². The number of fused-ring (bicyclic) bond motifs is 2. The molecule has 1 aliphatic rings. The van der Waals surface area contributed by atoms with Crippen LogP contribution < -0.4 is 15.5 Å². The van der Waals surface area contributed by atoms with Crippen molar-refractivity contribution in [1.29, 1.82) is 0 Å². The number of carbonyl (C=O) groups excluding carboxylic acids is 1. The number of anilines is 1. The second-order valence-corrected chi connectivity index (χ2v) is 10.9. The molecule has 1 heterocycles. The summed E-state index contributed by atoms with van der Waals surface area (Å²) >= 11 is 7.82. The zero-order chi connectivity index (χ0) is 23.3. The zero-order valence-corrected chi connectivity index (χ0v) is 21.1. The molecule has 32 heavy (non-hydrogen) atoms. The first-order valence-electron chi connectivity index (χ1n) is 11.4. The molecule has 0 aliphatic carbocycles. The number of halogens is 1. The van der Waals surface area contributed by atoms with E-state index >= 15 is 0 Å². The average Bonchev–Trinajstić information content (AvgIpc) is 2.85. The number of nitrogens with one attached hydrogen (secondary N) is 3. The molecule has 0 unspecified atom stereocenters. The zero-order valence-electron chi connectivity index (χ0n) is 19.6. The molecule has 0 atom stereocenters. The molecule has 0 saturated carbocycles. The predicted molar refractivity (Wildman–Crippen MR) is 137 cm³/mol. The SMILES string of the molecule is C=C1Nc2cc(C(=O)NCCC[NH+](CC(C)C)CC(C)C)ccc2Sc2ccc(Cl)cc21. The fraction of sp³-hybridized carbons (Fsp3) is 0.423. The van der Waals surface area contributed by atoms with Crippen molar-refractivity contribution in [2.24, 2.45) is 11.8 Å². The van der Waals surface area contributed by atoms with Gasteiger partial charge in [-0.05, 0) is 36.4 Å². The molecule has 0 saturated heterocycles. The van der Waals surface area contributed by atoms with Crippen LogP contribution >= 0.6 is 23.4 Å². The summed E-state index contributed by atoms with van der Waals surface area (Å²) in [6.07, 6.45) is 0.979. The molecule has 1 aliphatic heterocycles. The number of rotatable bonds is 9. The Hall–Kier alpha value is -1.95. The van der Waals surface area contributed by atoms with E-state index in [1.807, 2.05) is 36.4 Å². The lowest BCUT2D eigenvalue weighted by molar-refractivity contribution is -0.906. The molecular formula is C26H35ClN3OS+. The molecule has 172 valence electrons. The van der Waals surface area contributed by atoms with Gasteiger partial charge in [0, 0.05) is 56.4 Å². The van der Waals surface area contributed by atoms with Crippen LogP contribution in [0.1, 0.15) is 50.0 Å². The van der Waals surface area contributed by atoms with Gasteiger partial charge >= 0.3 is 0 Å². The van der Waals surface area contributed by atoms with E-state index in [-0.39, 0.29) is 5.91 Å². The Morgan fingerprint density at radius 1 is 1.09 bits per heavy atom. The van der Waals surface area contributed by atoms with E-state index < -0.39 is 0 Å². The Balaban J connectivity index is 1.59. The molecule has 3 N–H and O–H groups in total. The molecule has 6 heteroatoms. The lowest BCUT2D eigenvalue weighted by Crippen LogP contribution is -3.13. The average molecular weight is 473 g/mol. The van der Waals surface area contributed by atoms with Gasteiger partial charge in [0.25, 0.3) is 5.91 Å². The largest absolute Gasteiger partial charge is 0.355 e. The number of hydrogen-bond donors (Lipinski definition) is 3. The molecule has 2 aromatic rings. The van der Waals surface area contributed by atoms with E-state index in [9.17, 15) is 4.79 Å². The van der Waals surface area contributed by atoms with Crippen molar-refractivity contribution in [3.05, 3.63) is 59.1 Å². The molecule has 0 radical (unpaired) electrons. The second kappa shape index (κ2) is 11.3. The highest BCUT2D eigenvalue weighted by atomic mass is 35.5. The number of quaternary nitrogens is 1. The normalized spacial score (nSPS) is 13.1. The van der Waals surface area contributed by atoms with E-state index in [1.165, 1.54) is 13.1 Å². The highest BCUT2D eigenvalue weighted by Gasteiger charge is 2.19. The third-order valence-corrected chi connectivity index (χ3v) is 6.79. The van der Waals surface area contributed by atoms with Crippen molar-refractivity contribution in [2.75, 3.05) is 31.5 Å². The fourth-order valence-electron chi connectivity index (χ4n) is 4.12. The fourth-order valence-corrected chi connectivity index (χ4v) is 5.31. The minimum atomic E-state index is -0.0377. The maximum Gasteiger partial charge on any atom is 0.251 e. The van der Waals surface area contributed by atoms with Gasteiger partial charge in [-0.1, -0.05) is 57.6 Å². The Morgan fingerprint density at radius 2 is 1.78 bits per heavy atom. The van der Waals surface area contributed by atoms with Crippen LogP contribution in [-0.2, 0) is 0 Å². The van der Waals surface area contributed by atoms with Crippen LogP contribution in [0.5, 0.6) is 0 Å². The molecule has 0 fully saturated rings. The van der Waals surface area contributed by atoms with Gasteiger partial charge < -0.3 is 15.5 Å². The quantitative estimate of drug-likeness (QED) is 0.439. The topological polar surface area (TPSA) is 45.6 Å². The molecule has 0 aromatic heterocycles. The van der Waals surface area contributed by atoms with Crippen LogP contribution in [0, 0.1) is 11.8 Å². The summed E-state index contributed by atoms with van der Waals surface area (Å²) in [4.78, 5) is 16.5. The third-order valence-electron chi connectivity index (χ3n) is 5.40. The summed E-state index contributed by atoms with van der Waals surface area (Å²) in [5.41, 5.74) is 3.32. The first-order valence-corrected chi connectivity index (χ1v) is 12.6. The van der Waals surface area contributed by atoms with Crippen LogP contribution in [0.3, 0.4) is 0 Å². The van der Waals surface area contributed by atoms with E-state index in [0.717, 1.165) is 39.7 Å². The van der Waals surface area contributed by atoms with Crippen molar-refractivity contribution in [1.82, 2.24) is 5.32 Å². The lowest BCUT2D eigenvalue weighted by Gasteiger charge is -2.23. The maximum atomic E-state index is 12.8. The van der Waals surface area contributed by atoms with Crippen molar-refractivity contribution < 1.29 is 9.69 Å². The van der Waals surface area contributed by atoms with Gasteiger partial charge in [0.15, 0.2) is 0 Å². The summed E-state index contributed by atoms with van der Waals surface area (Å²) < 4.78 is 0. The lowest BCUT2D eigenvalue weighted by atomic mass is 10.1. The van der Waals surface area contributed by atoms with Gasteiger partial charge in [-0.25, -0.2) is 0 Å². The van der Waals surface area contributed by atoms with Crippen molar-refractivity contribution in [3.63, 3.8) is 0 Å². The van der Waals surface area contributed by atoms with Crippen LogP contribution in [0.2, 0.25) is 5.02 Å². The highest BCUT2D eigenvalue weighted by Crippen LogP contribution is 2.42.